The van der Waals surface area contributed by atoms with Crippen molar-refractivity contribution >= 4 is 43.9 Å². The molecule has 0 aromatic heterocycles. The summed E-state index contributed by atoms with van der Waals surface area (Å²) in [5.41, 5.74) is 0. The molecule has 0 aromatic rings. The van der Waals surface area contributed by atoms with Crippen LogP contribution in [0.5, 0.6) is 0 Å². The van der Waals surface area contributed by atoms with Crippen molar-refractivity contribution in [3.8, 4) is 0 Å². The summed E-state index contributed by atoms with van der Waals surface area (Å²) in [6.45, 7) is 0. The van der Waals surface area contributed by atoms with Crippen molar-refractivity contribution in [2.75, 3.05) is 0 Å². The first-order valence-corrected chi connectivity index (χ1v) is 0.651. The molecule has 6 heteroatoms. The van der Waals surface area contributed by atoms with Gasteiger partial charge in [-0.25, -0.2) is 4.79 Å². The van der Waals surface area contributed by atoms with Gasteiger partial charge in [-0.2, -0.15) is 0 Å². The maximum Gasteiger partial charge on any atom is 2.00 e. The Kier molecular flexibility index (Phi) is 52.6. The van der Waals surface area contributed by atoms with E-state index in [0.717, 1.165) is 0 Å². The van der Waals surface area contributed by atoms with Gasteiger partial charge in [0.2, 0.25) is 0 Å². The molecule has 32 valence electrons. The molecule has 0 spiro atoms. The molecule has 0 rings (SSSR count). The van der Waals surface area contributed by atoms with Gasteiger partial charge in [0.15, 0.2) is 0 Å². The molecular weight excluding hydrogens is 178 g/mol. The second-order valence-corrected chi connectivity index (χ2v) is 0.283. The largest absolute Gasteiger partial charge is 2.00 e. The predicted molar refractivity (Wildman–Crippen MR) is 20.9 cm³/mol. The van der Waals surface area contributed by atoms with E-state index < -0.39 is 6.16 Å². The van der Waals surface area contributed by atoms with Crippen LogP contribution < -0.4 is 103 Å². The molecule has 0 saturated heterocycles. The first-order chi connectivity index (χ1) is 1.73. The molecule has 0 radical (unpaired) electrons. The molecule has 0 unspecified atom stereocenters. The monoisotopic (exact) mass is 184 g/mol. The zero-order valence-electron chi connectivity index (χ0n) is 8.51. The van der Waals surface area contributed by atoms with E-state index in [1.807, 2.05) is 0 Å². The molecule has 0 aromatic carbocycles. The van der Waals surface area contributed by atoms with E-state index >= 15 is 0 Å². The Balaban J connectivity index is -0.00000000214. The van der Waals surface area contributed by atoms with E-state index in [1.165, 1.54) is 0 Å². The third-order valence-corrected chi connectivity index (χ3v) is 0. The van der Waals surface area contributed by atoms with Crippen LogP contribution in [0.1, 0.15) is 5.71 Å². The van der Waals surface area contributed by atoms with E-state index in [4.69, 9.17) is 15.0 Å². The van der Waals surface area contributed by atoms with Crippen LogP contribution in [0, 0.1) is 0 Å². The minimum Gasteiger partial charge on any atom is -1.00 e. The van der Waals surface area contributed by atoms with Crippen molar-refractivity contribution in [3.05, 3.63) is 0 Å². The molecular formula is CH6CaK2O3. The topological polar surface area (TPSA) is 57.5 Å². The zero-order chi connectivity index (χ0) is 3.58. The van der Waals surface area contributed by atoms with Crippen LogP contribution in [0.25, 0.3) is 0 Å². The summed E-state index contributed by atoms with van der Waals surface area (Å²) in [4.78, 5) is 8.56. The Morgan fingerprint density at radius 3 is 1.29 bits per heavy atom. The quantitative estimate of drug-likeness (QED) is 0.369. The Labute approximate surface area is 162 Å². The predicted octanol–water partition coefficient (Wildman–Crippen LogP) is -5.70. The Morgan fingerprint density at radius 2 is 1.29 bits per heavy atom. The van der Waals surface area contributed by atoms with Crippen molar-refractivity contribution in [2.24, 2.45) is 0 Å². The third-order valence-electron chi connectivity index (χ3n) is 0. The Morgan fingerprint density at radius 1 is 1.29 bits per heavy atom. The summed E-state index contributed by atoms with van der Waals surface area (Å²) in [5, 5.41) is 13.9. The molecule has 0 amide bonds. The SMILES string of the molecule is O=C(O)O.[Ca+2].[H-].[H-].[H-].[H-].[K+].[K+]. The summed E-state index contributed by atoms with van der Waals surface area (Å²) < 4.78 is 0. The maximum absolute atomic E-state index is 8.56. The van der Waals surface area contributed by atoms with Crippen LogP contribution in [0.3, 0.4) is 0 Å². The summed E-state index contributed by atoms with van der Waals surface area (Å²) in [7, 11) is 0. The van der Waals surface area contributed by atoms with Crippen molar-refractivity contribution < 1.29 is 123 Å². The first kappa shape index (κ1) is 22.4. The standard InChI is InChI=1S/CH2O3.Ca.2K.4H/c2-1(3)4;;;;;;;/h(H2,2,3,4);;;;;;;/q;+2;2*+1;4*-1. The zero-order valence-corrected chi connectivity index (χ0v) is 13.0. The van der Waals surface area contributed by atoms with Gasteiger partial charge in [-0.3, -0.25) is 0 Å². The van der Waals surface area contributed by atoms with E-state index in [-0.39, 0.29) is 146 Å². The average molecular weight is 184 g/mol. The van der Waals surface area contributed by atoms with E-state index in [1.54, 1.807) is 0 Å². The van der Waals surface area contributed by atoms with Crippen LogP contribution >= 0.6 is 0 Å². The molecule has 0 heterocycles. The number of rotatable bonds is 0. The van der Waals surface area contributed by atoms with Gasteiger partial charge < -0.3 is 15.9 Å². The van der Waals surface area contributed by atoms with Crippen molar-refractivity contribution in [2.45, 2.75) is 0 Å². The van der Waals surface area contributed by atoms with Gasteiger partial charge >= 0.3 is 147 Å². The molecule has 0 atom stereocenters. The number of hydrogen-bond acceptors (Lipinski definition) is 1. The molecule has 7 heavy (non-hydrogen) atoms. The van der Waals surface area contributed by atoms with Crippen LogP contribution in [-0.4, -0.2) is 54.1 Å². The third kappa shape index (κ3) is 41.3. The fraction of sp³-hybridized carbons (Fsp3) is 0. The smallest absolute Gasteiger partial charge is 1.00 e. The fourth-order valence-electron chi connectivity index (χ4n) is 0. The van der Waals surface area contributed by atoms with Gasteiger partial charge in [0, 0.05) is 0 Å². The number of carboxylic acid groups (broad SMARTS) is 2. The normalized spacial score (nSPS) is 3.43. The Hall–Kier alpha value is 3.80. The minimum atomic E-state index is -1.83. The van der Waals surface area contributed by atoms with Gasteiger partial charge in [0.25, 0.3) is 0 Å². The van der Waals surface area contributed by atoms with Crippen LogP contribution in [0.2, 0.25) is 0 Å². The van der Waals surface area contributed by atoms with Crippen molar-refractivity contribution in [1.29, 1.82) is 0 Å². The molecule has 0 bridgehead atoms. The van der Waals surface area contributed by atoms with Gasteiger partial charge in [-0.1, -0.05) is 0 Å². The minimum absolute atomic E-state index is 0. The van der Waals surface area contributed by atoms with Crippen molar-refractivity contribution in [1.82, 2.24) is 0 Å². The number of carbonyl (C=O) groups is 1. The molecule has 2 N–H and O–H groups in total. The molecule has 0 aliphatic heterocycles. The summed E-state index contributed by atoms with van der Waals surface area (Å²) in [5.74, 6) is 0. The van der Waals surface area contributed by atoms with Gasteiger partial charge in [-0.05, 0) is 0 Å². The second-order valence-electron chi connectivity index (χ2n) is 0.283. The van der Waals surface area contributed by atoms with Gasteiger partial charge in [0.1, 0.15) is 0 Å². The van der Waals surface area contributed by atoms with Gasteiger partial charge in [-0.15, -0.1) is 0 Å². The maximum atomic E-state index is 8.56. The summed E-state index contributed by atoms with van der Waals surface area (Å²) in [6, 6.07) is 0. The summed E-state index contributed by atoms with van der Waals surface area (Å²) >= 11 is 0. The molecule has 0 aliphatic carbocycles. The summed E-state index contributed by atoms with van der Waals surface area (Å²) in [6.07, 6.45) is -1.83. The number of hydrogen-bond donors (Lipinski definition) is 2. The first-order valence-electron chi connectivity index (χ1n) is 0.651. The van der Waals surface area contributed by atoms with Crippen LogP contribution in [-0.2, 0) is 0 Å². The molecule has 3 nitrogen and oxygen atoms in total. The van der Waals surface area contributed by atoms with Crippen molar-refractivity contribution in [3.63, 3.8) is 0 Å². The Bertz CT molecular complexity index is 46.3. The van der Waals surface area contributed by atoms with E-state index in [9.17, 15) is 0 Å². The van der Waals surface area contributed by atoms with Gasteiger partial charge in [0.05, 0.1) is 0 Å². The molecule has 0 fully saturated rings. The second kappa shape index (κ2) is 16.4. The van der Waals surface area contributed by atoms with E-state index in [2.05, 4.69) is 0 Å². The fourth-order valence-corrected chi connectivity index (χ4v) is 0. The molecule has 0 aliphatic rings. The molecule has 0 saturated carbocycles. The van der Waals surface area contributed by atoms with E-state index in [0.29, 0.717) is 0 Å². The average Bonchev–Trinajstić information content (AvgIpc) is 0.811. The van der Waals surface area contributed by atoms with Crippen LogP contribution in [0.4, 0.5) is 4.79 Å². The van der Waals surface area contributed by atoms with Crippen LogP contribution in [0.15, 0.2) is 0 Å².